The van der Waals surface area contributed by atoms with Gasteiger partial charge in [0.15, 0.2) is 12.4 Å². The predicted octanol–water partition coefficient (Wildman–Crippen LogP) is 4.26. The van der Waals surface area contributed by atoms with Crippen molar-refractivity contribution in [2.75, 3.05) is 13.7 Å². The predicted molar refractivity (Wildman–Crippen MR) is 126 cm³/mol. The highest BCUT2D eigenvalue weighted by atomic mass is 79.9. The summed E-state index contributed by atoms with van der Waals surface area (Å²) >= 11 is 3.42. The molecule has 0 radical (unpaired) electrons. The number of methoxy groups -OCH3 is 1. The molecule has 0 N–H and O–H groups in total. The molecule has 0 unspecified atom stereocenters. The number of hydrogen-bond acceptors (Lipinski definition) is 6. The van der Waals surface area contributed by atoms with Gasteiger partial charge in [-0.2, -0.15) is 9.78 Å². The fourth-order valence-electron chi connectivity index (χ4n) is 3.04. The first-order valence-corrected chi connectivity index (χ1v) is 10.5. The number of esters is 1. The number of carbonyl (C=O) groups excluding carboxylic acids is 1. The second-order valence-electron chi connectivity index (χ2n) is 6.73. The summed E-state index contributed by atoms with van der Waals surface area (Å²) in [6.45, 7) is -0.193. The van der Waals surface area contributed by atoms with Crippen molar-refractivity contribution >= 4 is 39.0 Å². The topological polar surface area (TPSA) is 82.8 Å². The van der Waals surface area contributed by atoms with Crippen LogP contribution in [0.1, 0.15) is 5.56 Å². The average Bonchev–Trinajstić information content (AvgIpc) is 2.83. The highest BCUT2D eigenvalue weighted by Gasteiger charge is 2.12. The Labute approximate surface area is 192 Å². The van der Waals surface area contributed by atoms with Gasteiger partial charge in [0.25, 0.3) is 5.56 Å². The minimum atomic E-state index is -0.473. The number of carbonyl (C=O) groups is 1. The Morgan fingerprint density at radius 2 is 1.84 bits per heavy atom. The van der Waals surface area contributed by atoms with Crippen LogP contribution in [0.2, 0.25) is 0 Å². The van der Waals surface area contributed by atoms with Gasteiger partial charge in [0.2, 0.25) is 0 Å². The van der Waals surface area contributed by atoms with Crippen LogP contribution in [-0.4, -0.2) is 35.6 Å². The minimum Gasteiger partial charge on any atom is -0.481 e. The monoisotopic (exact) mass is 491 g/mol. The van der Waals surface area contributed by atoms with Crippen LogP contribution in [0.25, 0.3) is 22.3 Å². The molecule has 8 heteroatoms. The summed E-state index contributed by atoms with van der Waals surface area (Å²) in [4.78, 5) is 29.1. The van der Waals surface area contributed by atoms with Crippen LogP contribution in [0.15, 0.2) is 87.2 Å². The molecule has 32 heavy (non-hydrogen) atoms. The van der Waals surface area contributed by atoms with Crippen molar-refractivity contribution < 1.29 is 14.3 Å². The van der Waals surface area contributed by atoms with E-state index in [1.54, 1.807) is 42.6 Å². The van der Waals surface area contributed by atoms with E-state index in [9.17, 15) is 9.59 Å². The van der Waals surface area contributed by atoms with Gasteiger partial charge in [0, 0.05) is 5.56 Å². The van der Waals surface area contributed by atoms with Gasteiger partial charge in [0.05, 0.1) is 28.7 Å². The van der Waals surface area contributed by atoms with E-state index in [1.807, 2.05) is 36.4 Å². The zero-order valence-electron chi connectivity index (χ0n) is 17.1. The van der Waals surface area contributed by atoms with Crippen molar-refractivity contribution in [2.45, 2.75) is 0 Å². The van der Waals surface area contributed by atoms with Crippen molar-refractivity contribution in [2.24, 2.45) is 5.10 Å². The average molecular weight is 492 g/mol. The summed E-state index contributed by atoms with van der Waals surface area (Å²) in [5.74, 6) is 0.462. The van der Waals surface area contributed by atoms with E-state index < -0.39 is 5.97 Å². The van der Waals surface area contributed by atoms with E-state index in [0.29, 0.717) is 26.9 Å². The molecule has 0 bridgehead atoms. The summed E-state index contributed by atoms with van der Waals surface area (Å²) in [5, 5.41) is 4.93. The van der Waals surface area contributed by atoms with Crippen LogP contribution in [0.3, 0.4) is 0 Å². The quantitative estimate of drug-likeness (QED) is 0.297. The molecular formula is C24H18BrN3O4. The first-order valence-electron chi connectivity index (χ1n) is 9.67. The molecule has 4 aromatic rings. The van der Waals surface area contributed by atoms with E-state index in [2.05, 4.69) is 30.8 Å². The molecule has 0 fully saturated rings. The fourth-order valence-corrected chi connectivity index (χ4v) is 3.55. The minimum absolute atomic E-state index is 0.193. The largest absolute Gasteiger partial charge is 0.481 e. The maximum absolute atomic E-state index is 13.2. The van der Waals surface area contributed by atoms with Crippen LogP contribution < -0.4 is 10.3 Å². The molecular weight excluding hydrogens is 474 g/mol. The molecule has 0 spiro atoms. The lowest BCUT2D eigenvalue weighted by Crippen LogP contribution is -2.20. The van der Waals surface area contributed by atoms with Gasteiger partial charge in [0.1, 0.15) is 5.75 Å². The van der Waals surface area contributed by atoms with Crippen molar-refractivity contribution in [1.29, 1.82) is 0 Å². The molecule has 0 saturated carbocycles. The van der Waals surface area contributed by atoms with Crippen LogP contribution in [0.5, 0.6) is 5.75 Å². The highest BCUT2D eigenvalue weighted by molar-refractivity contribution is 9.10. The Kier molecular flexibility index (Phi) is 6.42. The van der Waals surface area contributed by atoms with Crippen molar-refractivity contribution in [3.63, 3.8) is 0 Å². The number of benzene rings is 3. The highest BCUT2D eigenvalue weighted by Crippen LogP contribution is 2.26. The van der Waals surface area contributed by atoms with Gasteiger partial charge < -0.3 is 9.47 Å². The second-order valence-corrected chi connectivity index (χ2v) is 7.59. The SMILES string of the molecule is COC(=O)COc1ccc(C=Nn2c(-c3ccccc3)nc3ccccc3c2=O)cc1Br. The van der Waals surface area contributed by atoms with Crippen LogP contribution in [0.4, 0.5) is 0 Å². The molecule has 1 heterocycles. The molecule has 160 valence electrons. The number of ether oxygens (including phenoxy) is 2. The summed E-state index contributed by atoms with van der Waals surface area (Å²) in [6.07, 6.45) is 1.57. The van der Waals surface area contributed by atoms with Gasteiger partial charge in [-0.1, -0.05) is 42.5 Å². The number of aromatic nitrogens is 2. The summed E-state index contributed by atoms with van der Waals surface area (Å²) < 4.78 is 11.9. The smallest absolute Gasteiger partial charge is 0.343 e. The normalized spacial score (nSPS) is 11.1. The molecule has 3 aromatic carbocycles. The molecule has 0 atom stereocenters. The number of hydrogen-bond donors (Lipinski definition) is 0. The van der Waals surface area contributed by atoms with Gasteiger partial charge in [-0.05, 0) is 51.8 Å². The Hall–Kier alpha value is -3.78. The van der Waals surface area contributed by atoms with Gasteiger partial charge in [-0.3, -0.25) is 4.79 Å². The molecule has 1 aromatic heterocycles. The number of nitrogens with zero attached hydrogens (tertiary/aromatic N) is 3. The van der Waals surface area contributed by atoms with Crippen molar-refractivity contribution in [1.82, 2.24) is 9.66 Å². The second kappa shape index (κ2) is 9.57. The summed E-state index contributed by atoms with van der Waals surface area (Å²) in [6, 6.07) is 21.9. The standard InChI is InChI=1S/C24H18BrN3O4/c1-31-22(29)15-32-21-12-11-16(13-19(21)25)14-26-28-23(17-7-3-2-4-8-17)27-20-10-6-5-9-18(20)24(28)30/h2-14H,15H2,1H3. The van der Waals surface area contributed by atoms with E-state index >= 15 is 0 Å². The summed E-state index contributed by atoms with van der Waals surface area (Å²) in [5.41, 5.74) is 1.85. The molecule has 4 rings (SSSR count). The maximum atomic E-state index is 13.2. The van der Waals surface area contributed by atoms with E-state index in [-0.39, 0.29) is 12.2 Å². The van der Waals surface area contributed by atoms with Crippen molar-refractivity contribution in [3.05, 3.63) is 93.2 Å². The molecule has 7 nitrogen and oxygen atoms in total. The zero-order valence-corrected chi connectivity index (χ0v) is 18.7. The third kappa shape index (κ3) is 4.60. The number of rotatable bonds is 6. The van der Waals surface area contributed by atoms with Crippen LogP contribution in [0, 0.1) is 0 Å². The lowest BCUT2D eigenvalue weighted by atomic mass is 10.2. The third-order valence-electron chi connectivity index (χ3n) is 4.64. The van der Waals surface area contributed by atoms with Crippen LogP contribution >= 0.6 is 15.9 Å². The van der Waals surface area contributed by atoms with Gasteiger partial charge in [-0.15, -0.1) is 0 Å². The molecule has 0 saturated heterocycles. The number of fused-ring (bicyclic) bond motifs is 1. The fraction of sp³-hybridized carbons (Fsp3) is 0.0833. The number of halogens is 1. The van der Waals surface area contributed by atoms with Gasteiger partial charge >= 0.3 is 5.97 Å². The lowest BCUT2D eigenvalue weighted by Gasteiger charge is -2.10. The van der Waals surface area contributed by atoms with Crippen LogP contribution in [-0.2, 0) is 9.53 Å². The van der Waals surface area contributed by atoms with E-state index in [4.69, 9.17) is 4.74 Å². The Bertz CT molecular complexity index is 1370. The molecule has 0 aliphatic carbocycles. The lowest BCUT2D eigenvalue weighted by molar-refractivity contribution is -0.142. The first kappa shape index (κ1) is 21.5. The van der Waals surface area contributed by atoms with E-state index in [0.717, 1.165) is 11.1 Å². The molecule has 0 aliphatic heterocycles. The Balaban J connectivity index is 1.72. The first-order chi connectivity index (χ1) is 15.6. The molecule has 0 amide bonds. The summed E-state index contributed by atoms with van der Waals surface area (Å²) in [7, 11) is 1.30. The Morgan fingerprint density at radius 3 is 2.59 bits per heavy atom. The van der Waals surface area contributed by atoms with Crippen molar-refractivity contribution in [3.8, 4) is 17.1 Å². The Morgan fingerprint density at radius 1 is 1.09 bits per heavy atom. The third-order valence-corrected chi connectivity index (χ3v) is 5.26. The number of para-hydroxylation sites is 1. The maximum Gasteiger partial charge on any atom is 0.343 e. The molecule has 0 aliphatic rings. The van der Waals surface area contributed by atoms with E-state index in [1.165, 1.54) is 11.8 Å². The zero-order chi connectivity index (χ0) is 22.5. The van der Waals surface area contributed by atoms with Gasteiger partial charge in [-0.25, -0.2) is 9.78 Å².